The number of rotatable bonds is 4. The average Bonchev–Trinajstić information content (AvgIpc) is 2.68. The number of imidazole rings is 1. The molecule has 0 N–H and O–H groups in total. The third-order valence-corrected chi connectivity index (χ3v) is 3.05. The van der Waals surface area contributed by atoms with Gasteiger partial charge in [-0.3, -0.25) is 0 Å². The third-order valence-electron chi connectivity index (χ3n) is 2.70. The van der Waals surface area contributed by atoms with Crippen LogP contribution in [-0.4, -0.2) is 9.55 Å². The summed E-state index contributed by atoms with van der Waals surface area (Å²) in [6.45, 7) is 2.55. The highest BCUT2D eigenvalue weighted by molar-refractivity contribution is 6.29. The molecular weight excluding hydrogens is 236 g/mol. The Balaban J connectivity index is 2.04. The van der Waals surface area contributed by atoms with E-state index in [1.165, 1.54) is 5.56 Å². The summed E-state index contributed by atoms with van der Waals surface area (Å²) in [7, 11) is 1.87. The van der Waals surface area contributed by atoms with Gasteiger partial charge in [0.2, 0.25) is 0 Å². The van der Waals surface area contributed by atoms with Crippen molar-refractivity contribution in [2.45, 2.75) is 20.0 Å². The van der Waals surface area contributed by atoms with Gasteiger partial charge in [-0.15, -0.1) is 0 Å². The van der Waals surface area contributed by atoms with Gasteiger partial charge in [0.1, 0.15) is 23.3 Å². The number of ether oxygens (including phenoxy) is 1. The van der Waals surface area contributed by atoms with Crippen LogP contribution >= 0.6 is 11.6 Å². The van der Waals surface area contributed by atoms with Crippen LogP contribution in [0.2, 0.25) is 5.15 Å². The van der Waals surface area contributed by atoms with Gasteiger partial charge in [-0.05, 0) is 24.1 Å². The van der Waals surface area contributed by atoms with Crippen molar-refractivity contribution in [3.8, 4) is 5.75 Å². The van der Waals surface area contributed by atoms with Crippen molar-refractivity contribution < 1.29 is 4.74 Å². The fourth-order valence-corrected chi connectivity index (χ4v) is 1.71. The van der Waals surface area contributed by atoms with Crippen LogP contribution in [-0.2, 0) is 20.1 Å². The number of halogens is 1. The molecule has 3 nitrogen and oxygen atoms in total. The van der Waals surface area contributed by atoms with E-state index in [0.717, 1.165) is 18.0 Å². The van der Waals surface area contributed by atoms with Gasteiger partial charge in [0, 0.05) is 7.05 Å². The van der Waals surface area contributed by atoms with E-state index in [1.807, 2.05) is 29.8 Å². The van der Waals surface area contributed by atoms with Gasteiger partial charge in [-0.2, -0.15) is 0 Å². The first-order valence-electron chi connectivity index (χ1n) is 5.58. The van der Waals surface area contributed by atoms with E-state index in [0.29, 0.717) is 11.8 Å². The molecule has 4 heteroatoms. The van der Waals surface area contributed by atoms with Gasteiger partial charge in [0.05, 0.1) is 6.20 Å². The number of nitrogens with zero attached hydrogens (tertiary/aromatic N) is 2. The first-order chi connectivity index (χ1) is 8.20. The van der Waals surface area contributed by atoms with Gasteiger partial charge in [-0.1, -0.05) is 30.7 Å². The van der Waals surface area contributed by atoms with Crippen LogP contribution in [0, 0.1) is 0 Å². The Morgan fingerprint density at radius 3 is 2.88 bits per heavy atom. The first kappa shape index (κ1) is 12.0. The quantitative estimate of drug-likeness (QED) is 0.833. The Morgan fingerprint density at radius 2 is 2.24 bits per heavy atom. The Bertz CT molecular complexity index is 508. The molecule has 0 radical (unpaired) electrons. The zero-order valence-corrected chi connectivity index (χ0v) is 10.7. The van der Waals surface area contributed by atoms with Crippen molar-refractivity contribution in [3.63, 3.8) is 0 Å². The lowest BCUT2D eigenvalue weighted by atomic mass is 10.2. The van der Waals surface area contributed by atoms with Gasteiger partial charge < -0.3 is 9.30 Å². The van der Waals surface area contributed by atoms with Crippen molar-refractivity contribution in [1.29, 1.82) is 0 Å². The topological polar surface area (TPSA) is 27.1 Å². The maximum absolute atomic E-state index is 5.90. The summed E-state index contributed by atoms with van der Waals surface area (Å²) in [6.07, 6.45) is 2.63. The highest BCUT2D eigenvalue weighted by Gasteiger charge is 2.05. The van der Waals surface area contributed by atoms with Gasteiger partial charge in [-0.25, -0.2) is 4.98 Å². The maximum Gasteiger partial charge on any atom is 0.147 e. The average molecular weight is 251 g/mol. The molecule has 90 valence electrons. The molecule has 0 saturated heterocycles. The predicted molar refractivity (Wildman–Crippen MR) is 68.4 cm³/mol. The fraction of sp³-hybridized carbons (Fsp3) is 0.308. The van der Waals surface area contributed by atoms with E-state index < -0.39 is 0 Å². The molecule has 1 heterocycles. The number of hydrogen-bond acceptors (Lipinski definition) is 2. The van der Waals surface area contributed by atoms with Crippen molar-refractivity contribution in [1.82, 2.24) is 9.55 Å². The molecule has 2 rings (SSSR count). The van der Waals surface area contributed by atoms with Crippen LogP contribution in [0.15, 0.2) is 30.5 Å². The number of hydrogen-bond donors (Lipinski definition) is 0. The number of benzene rings is 1. The first-order valence-corrected chi connectivity index (χ1v) is 5.96. The van der Waals surface area contributed by atoms with Crippen LogP contribution in [0.5, 0.6) is 5.75 Å². The summed E-state index contributed by atoms with van der Waals surface area (Å²) in [5.74, 6) is 1.68. The van der Waals surface area contributed by atoms with E-state index in [9.17, 15) is 0 Å². The summed E-state index contributed by atoms with van der Waals surface area (Å²) in [5.41, 5.74) is 1.26. The SMILES string of the molecule is CCc1cccc(OCc2ncc(Cl)n2C)c1. The normalized spacial score (nSPS) is 10.5. The second-order valence-corrected chi connectivity index (χ2v) is 4.23. The van der Waals surface area contributed by atoms with Gasteiger partial charge in [0.25, 0.3) is 0 Å². The smallest absolute Gasteiger partial charge is 0.147 e. The van der Waals surface area contributed by atoms with E-state index in [4.69, 9.17) is 16.3 Å². The predicted octanol–water partition coefficient (Wildman–Crippen LogP) is 3.21. The fourth-order valence-electron chi connectivity index (χ4n) is 1.56. The highest BCUT2D eigenvalue weighted by Crippen LogP contribution is 2.16. The zero-order chi connectivity index (χ0) is 12.3. The van der Waals surface area contributed by atoms with E-state index in [1.54, 1.807) is 6.20 Å². The molecule has 0 spiro atoms. The molecule has 1 aromatic heterocycles. The molecule has 1 aromatic carbocycles. The molecule has 0 fully saturated rings. The van der Waals surface area contributed by atoms with Gasteiger partial charge in [0.15, 0.2) is 0 Å². The lowest BCUT2D eigenvalue weighted by Crippen LogP contribution is -2.03. The monoisotopic (exact) mass is 250 g/mol. The van der Waals surface area contributed by atoms with E-state index in [2.05, 4.69) is 18.0 Å². The summed E-state index contributed by atoms with van der Waals surface area (Å²) in [4.78, 5) is 4.18. The molecule has 17 heavy (non-hydrogen) atoms. The number of aromatic nitrogens is 2. The minimum Gasteiger partial charge on any atom is -0.486 e. The molecule has 0 aliphatic carbocycles. The van der Waals surface area contributed by atoms with Crippen molar-refractivity contribution in [2.24, 2.45) is 7.05 Å². The van der Waals surface area contributed by atoms with Crippen LogP contribution in [0.1, 0.15) is 18.3 Å². The van der Waals surface area contributed by atoms with Crippen LogP contribution < -0.4 is 4.74 Å². The second kappa shape index (κ2) is 5.23. The van der Waals surface area contributed by atoms with Crippen molar-refractivity contribution in [3.05, 3.63) is 47.0 Å². The zero-order valence-electron chi connectivity index (χ0n) is 9.98. The maximum atomic E-state index is 5.90. The summed E-state index contributed by atoms with van der Waals surface area (Å²) in [6, 6.07) is 8.08. The van der Waals surface area contributed by atoms with Crippen molar-refractivity contribution >= 4 is 11.6 Å². The molecule has 0 atom stereocenters. The Hall–Kier alpha value is -1.48. The largest absolute Gasteiger partial charge is 0.486 e. The second-order valence-electron chi connectivity index (χ2n) is 3.85. The molecule has 2 aromatic rings. The van der Waals surface area contributed by atoms with Gasteiger partial charge >= 0.3 is 0 Å². The summed E-state index contributed by atoms with van der Waals surface area (Å²) >= 11 is 5.90. The van der Waals surface area contributed by atoms with Crippen LogP contribution in [0.25, 0.3) is 0 Å². The van der Waals surface area contributed by atoms with E-state index in [-0.39, 0.29) is 0 Å². The molecule has 0 saturated carbocycles. The standard InChI is InChI=1S/C13H15ClN2O/c1-3-10-5-4-6-11(7-10)17-9-13-15-8-12(14)16(13)2/h4-8H,3,9H2,1-2H3. The Morgan fingerprint density at radius 1 is 1.41 bits per heavy atom. The van der Waals surface area contributed by atoms with Crippen molar-refractivity contribution in [2.75, 3.05) is 0 Å². The van der Waals surface area contributed by atoms with E-state index >= 15 is 0 Å². The highest BCUT2D eigenvalue weighted by atomic mass is 35.5. The Kier molecular flexibility index (Phi) is 3.69. The molecule has 0 aliphatic rings. The summed E-state index contributed by atoms with van der Waals surface area (Å²) < 4.78 is 7.50. The molecule has 0 bridgehead atoms. The molecular formula is C13H15ClN2O. The van der Waals surface area contributed by atoms with Crippen LogP contribution in [0.3, 0.4) is 0 Å². The lowest BCUT2D eigenvalue weighted by Gasteiger charge is -2.07. The summed E-state index contributed by atoms with van der Waals surface area (Å²) in [5, 5.41) is 0.617. The number of aryl methyl sites for hydroxylation is 1. The third kappa shape index (κ3) is 2.80. The molecule has 0 amide bonds. The van der Waals surface area contributed by atoms with Crippen LogP contribution in [0.4, 0.5) is 0 Å². The lowest BCUT2D eigenvalue weighted by molar-refractivity contribution is 0.291. The molecule has 0 aliphatic heterocycles. The molecule has 0 unspecified atom stereocenters. The Labute approximate surface area is 106 Å². The minimum absolute atomic E-state index is 0.427. The minimum atomic E-state index is 0.427.